The second-order valence-corrected chi connectivity index (χ2v) is 4.64. The van der Waals surface area contributed by atoms with Crippen LogP contribution in [0.15, 0.2) is 22.7 Å². The highest BCUT2D eigenvalue weighted by Gasteiger charge is 2.14. The zero-order valence-corrected chi connectivity index (χ0v) is 11.1. The lowest BCUT2D eigenvalue weighted by Gasteiger charge is -2.11. The highest BCUT2D eigenvalue weighted by atomic mass is 79.9. The van der Waals surface area contributed by atoms with E-state index in [1.807, 2.05) is 19.1 Å². The van der Waals surface area contributed by atoms with Crippen molar-refractivity contribution in [3.8, 4) is 0 Å². The van der Waals surface area contributed by atoms with Crippen LogP contribution in [0, 0.1) is 6.92 Å². The molecule has 0 aliphatic heterocycles. The quantitative estimate of drug-likeness (QED) is 0.926. The number of nitrogens with one attached hydrogen (secondary N) is 1. The summed E-state index contributed by atoms with van der Waals surface area (Å²) in [5.74, 6) is -0.300. The Bertz CT molecular complexity index is 429. The van der Waals surface area contributed by atoms with Gasteiger partial charge in [-0.15, -0.1) is 0 Å². The number of rotatable bonds is 3. The highest BCUT2D eigenvalue weighted by molar-refractivity contribution is 9.10. The Morgan fingerprint density at radius 1 is 1.38 bits per heavy atom. The molecule has 4 heteroatoms. The summed E-state index contributed by atoms with van der Waals surface area (Å²) in [6.07, 6.45) is 0. The van der Waals surface area contributed by atoms with Crippen LogP contribution >= 0.6 is 15.9 Å². The van der Waals surface area contributed by atoms with E-state index in [1.165, 1.54) is 6.92 Å². The van der Waals surface area contributed by atoms with Crippen LogP contribution in [0.1, 0.15) is 29.8 Å². The minimum Gasteiger partial charge on any atom is -0.342 e. The predicted octanol–water partition coefficient (Wildman–Crippen LogP) is 2.46. The molecule has 0 aromatic heterocycles. The molecule has 0 radical (unpaired) electrons. The number of benzene rings is 1. The van der Waals surface area contributed by atoms with Crippen LogP contribution in [-0.4, -0.2) is 17.7 Å². The summed E-state index contributed by atoms with van der Waals surface area (Å²) in [7, 11) is 0. The first-order valence-electron chi connectivity index (χ1n) is 4.99. The minimum absolute atomic E-state index is 0.0587. The van der Waals surface area contributed by atoms with Crippen LogP contribution in [0.4, 0.5) is 0 Å². The van der Waals surface area contributed by atoms with Gasteiger partial charge in [-0.05, 0) is 54.4 Å². The Hall–Kier alpha value is -1.16. The fourth-order valence-electron chi connectivity index (χ4n) is 1.18. The molecule has 16 heavy (non-hydrogen) atoms. The SMILES string of the molecule is CC(=O)C(C)NC(=O)c1ccc(C)cc1Br. The van der Waals surface area contributed by atoms with Gasteiger partial charge in [0.2, 0.25) is 0 Å². The molecule has 0 aliphatic carbocycles. The monoisotopic (exact) mass is 283 g/mol. The molecule has 1 amide bonds. The molecular formula is C12H14BrNO2. The maximum absolute atomic E-state index is 11.8. The summed E-state index contributed by atoms with van der Waals surface area (Å²) >= 11 is 3.33. The van der Waals surface area contributed by atoms with Crippen molar-refractivity contribution in [2.24, 2.45) is 0 Å². The van der Waals surface area contributed by atoms with Crippen molar-refractivity contribution in [1.29, 1.82) is 0 Å². The van der Waals surface area contributed by atoms with Crippen molar-refractivity contribution < 1.29 is 9.59 Å². The van der Waals surface area contributed by atoms with Gasteiger partial charge in [-0.1, -0.05) is 6.07 Å². The standard InChI is InChI=1S/C12H14BrNO2/c1-7-4-5-10(11(13)6-7)12(16)14-8(2)9(3)15/h4-6,8H,1-3H3,(H,14,16). The summed E-state index contributed by atoms with van der Waals surface area (Å²) in [4.78, 5) is 22.8. The minimum atomic E-state index is -0.458. The third-order valence-corrected chi connectivity index (χ3v) is 2.98. The van der Waals surface area contributed by atoms with E-state index in [4.69, 9.17) is 0 Å². The van der Waals surface area contributed by atoms with E-state index in [1.54, 1.807) is 13.0 Å². The molecule has 0 bridgehead atoms. The molecule has 3 nitrogen and oxygen atoms in total. The average Bonchev–Trinajstić information content (AvgIpc) is 2.16. The van der Waals surface area contributed by atoms with Crippen molar-refractivity contribution in [2.45, 2.75) is 26.8 Å². The topological polar surface area (TPSA) is 46.2 Å². The van der Waals surface area contributed by atoms with Gasteiger partial charge in [0, 0.05) is 4.47 Å². The number of hydrogen-bond donors (Lipinski definition) is 1. The van der Waals surface area contributed by atoms with Crippen molar-refractivity contribution in [2.75, 3.05) is 0 Å². The van der Waals surface area contributed by atoms with E-state index in [9.17, 15) is 9.59 Å². The molecule has 0 aliphatic rings. The van der Waals surface area contributed by atoms with Crippen molar-refractivity contribution in [3.05, 3.63) is 33.8 Å². The number of halogens is 1. The molecule has 0 spiro atoms. The number of Topliss-reactive ketones (excluding diaryl/α,β-unsaturated/α-hetero) is 1. The van der Waals surface area contributed by atoms with Gasteiger partial charge in [0.25, 0.3) is 5.91 Å². The van der Waals surface area contributed by atoms with Gasteiger partial charge in [-0.3, -0.25) is 9.59 Å². The molecule has 0 fully saturated rings. The molecule has 1 aromatic carbocycles. The van der Waals surface area contributed by atoms with Crippen LogP contribution in [0.25, 0.3) is 0 Å². The first kappa shape index (κ1) is 12.9. The number of amides is 1. The lowest BCUT2D eigenvalue weighted by Crippen LogP contribution is -2.37. The molecule has 1 unspecified atom stereocenters. The lowest BCUT2D eigenvalue weighted by atomic mass is 10.1. The molecule has 1 aromatic rings. The predicted molar refractivity (Wildman–Crippen MR) is 66.5 cm³/mol. The van der Waals surface area contributed by atoms with E-state index in [-0.39, 0.29) is 11.7 Å². The normalized spacial score (nSPS) is 12.0. The van der Waals surface area contributed by atoms with E-state index >= 15 is 0 Å². The third-order valence-electron chi connectivity index (χ3n) is 2.33. The van der Waals surface area contributed by atoms with Crippen molar-refractivity contribution in [1.82, 2.24) is 5.32 Å². The van der Waals surface area contributed by atoms with E-state index in [2.05, 4.69) is 21.2 Å². The number of hydrogen-bond acceptors (Lipinski definition) is 2. The van der Waals surface area contributed by atoms with E-state index < -0.39 is 6.04 Å². The van der Waals surface area contributed by atoms with Gasteiger partial charge < -0.3 is 5.32 Å². The molecule has 0 saturated heterocycles. The van der Waals surface area contributed by atoms with Gasteiger partial charge in [-0.2, -0.15) is 0 Å². The fraction of sp³-hybridized carbons (Fsp3) is 0.333. The molecule has 1 N–H and O–H groups in total. The van der Waals surface area contributed by atoms with Gasteiger partial charge in [-0.25, -0.2) is 0 Å². The van der Waals surface area contributed by atoms with Crippen LogP contribution in [0.3, 0.4) is 0 Å². The maximum Gasteiger partial charge on any atom is 0.252 e. The molecule has 86 valence electrons. The summed E-state index contributed by atoms with van der Waals surface area (Å²) < 4.78 is 0.737. The number of aryl methyl sites for hydroxylation is 1. The zero-order chi connectivity index (χ0) is 12.3. The second-order valence-electron chi connectivity index (χ2n) is 3.79. The highest BCUT2D eigenvalue weighted by Crippen LogP contribution is 2.18. The smallest absolute Gasteiger partial charge is 0.252 e. The summed E-state index contributed by atoms with van der Waals surface area (Å²) in [6, 6.07) is 5.01. The Labute approximate surface area is 103 Å². The molecule has 0 saturated carbocycles. The molecular weight excluding hydrogens is 270 g/mol. The second kappa shape index (κ2) is 5.25. The van der Waals surface area contributed by atoms with E-state index in [0.29, 0.717) is 5.56 Å². The molecule has 0 heterocycles. The molecule has 1 atom stereocenters. The summed E-state index contributed by atoms with van der Waals surface area (Å²) in [5, 5.41) is 2.64. The number of carbonyl (C=O) groups excluding carboxylic acids is 2. The Kier molecular flexibility index (Phi) is 4.24. The third kappa shape index (κ3) is 3.17. The maximum atomic E-state index is 11.8. The largest absolute Gasteiger partial charge is 0.342 e. The Morgan fingerprint density at radius 2 is 2.00 bits per heavy atom. The zero-order valence-electron chi connectivity index (χ0n) is 9.50. The Balaban J connectivity index is 2.85. The number of ketones is 1. The van der Waals surface area contributed by atoms with Gasteiger partial charge in [0.1, 0.15) is 0 Å². The van der Waals surface area contributed by atoms with Gasteiger partial charge in [0.05, 0.1) is 11.6 Å². The first-order chi connectivity index (χ1) is 7.41. The van der Waals surface area contributed by atoms with Crippen LogP contribution < -0.4 is 5.32 Å². The van der Waals surface area contributed by atoms with E-state index in [0.717, 1.165) is 10.0 Å². The molecule has 1 rings (SSSR count). The fourth-order valence-corrected chi connectivity index (χ4v) is 1.85. The lowest BCUT2D eigenvalue weighted by molar-refractivity contribution is -0.118. The van der Waals surface area contributed by atoms with Crippen LogP contribution in [0.2, 0.25) is 0 Å². The van der Waals surface area contributed by atoms with Crippen molar-refractivity contribution >= 4 is 27.6 Å². The van der Waals surface area contributed by atoms with Crippen molar-refractivity contribution in [3.63, 3.8) is 0 Å². The summed E-state index contributed by atoms with van der Waals surface area (Å²) in [5.41, 5.74) is 1.61. The first-order valence-corrected chi connectivity index (χ1v) is 5.78. The van der Waals surface area contributed by atoms with Crippen LogP contribution in [-0.2, 0) is 4.79 Å². The van der Waals surface area contributed by atoms with Gasteiger partial charge in [0.15, 0.2) is 5.78 Å². The number of carbonyl (C=O) groups is 2. The average molecular weight is 284 g/mol. The van der Waals surface area contributed by atoms with Crippen LogP contribution in [0.5, 0.6) is 0 Å². The van der Waals surface area contributed by atoms with Gasteiger partial charge >= 0.3 is 0 Å². The Morgan fingerprint density at radius 3 is 2.50 bits per heavy atom. The summed E-state index contributed by atoms with van der Waals surface area (Å²) in [6.45, 7) is 5.07.